The van der Waals surface area contributed by atoms with Crippen LogP contribution in [0.2, 0.25) is 5.02 Å². The topological polar surface area (TPSA) is 81.9 Å². The molecule has 0 unspecified atom stereocenters. The Morgan fingerprint density at radius 1 is 1.22 bits per heavy atom. The van der Waals surface area contributed by atoms with Crippen LogP contribution in [-0.2, 0) is 4.79 Å². The monoisotopic (exact) mass is 420 g/mol. The van der Waals surface area contributed by atoms with Crippen LogP contribution < -0.4 is 14.4 Å². The van der Waals surface area contributed by atoms with Gasteiger partial charge >= 0.3 is 0 Å². The van der Waals surface area contributed by atoms with E-state index < -0.39 is 4.92 Å². The number of fused-ring (bicyclic) bond motifs is 1. The van der Waals surface area contributed by atoms with E-state index in [9.17, 15) is 14.9 Å². The zero-order valence-corrected chi connectivity index (χ0v) is 15.8. The van der Waals surface area contributed by atoms with Crippen molar-refractivity contribution in [2.75, 3.05) is 11.7 Å². The summed E-state index contributed by atoms with van der Waals surface area (Å²) in [5.74, 6) is 0.827. The maximum Gasteiger partial charge on any atom is 0.288 e. The molecule has 1 saturated heterocycles. The highest BCUT2D eigenvalue weighted by atomic mass is 35.5. The average molecular weight is 421 g/mol. The minimum absolute atomic E-state index is 0.0325. The molecule has 1 amide bonds. The van der Waals surface area contributed by atoms with E-state index in [2.05, 4.69) is 0 Å². The van der Waals surface area contributed by atoms with Crippen LogP contribution in [0.15, 0.2) is 41.3 Å². The average Bonchev–Trinajstić information content (AvgIpc) is 3.20. The molecule has 0 atom stereocenters. The summed E-state index contributed by atoms with van der Waals surface area (Å²) < 4.78 is 11.0. The minimum atomic E-state index is -0.572. The second-order valence-electron chi connectivity index (χ2n) is 5.52. The van der Waals surface area contributed by atoms with Crippen molar-refractivity contribution in [2.45, 2.75) is 0 Å². The molecule has 0 saturated carbocycles. The van der Waals surface area contributed by atoms with E-state index in [1.807, 2.05) is 0 Å². The number of carbonyl (C=O) groups excluding carboxylic acids is 1. The second kappa shape index (κ2) is 6.84. The number of nitrogens with zero attached hydrogens (tertiary/aromatic N) is 2. The van der Waals surface area contributed by atoms with Crippen molar-refractivity contribution in [3.63, 3.8) is 0 Å². The Kier molecular flexibility index (Phi) is 4.50. The number of thioether (sulfide) groups is 1. The van der Waals surface area contributed by atoms with Gasteiger partial charge in [0.2, 0.25) is 6.79 Å². The predicted octanol–water partition coefficient (Wildman–Crippen LogP) is 4.38. The van der Waals surface area contributed by atoms with Gasteiger partial charge in [0.1, 0.15) is 5.02 Å². The van der Waals surface area contributed by atoms with Gasteiger partial charge in [-0.1, -0.05) is 41.6 Å². The highest BCUT2D eigenvalue weighted by Crippen LogP contribution is 2.41. The smallest absolute Gasteiger partial charge is 0.288 e. The van der Waals surface area contributed by atoms with Gasteiger partial charge in [-0.15, -0.1) is 0 Å². The minimum Gasteiger partial charge on any atom is -0.454 e. The number of hydrogen-bond donors (Lipinski definition) is 0. The number of thiocarbonyl (C=S) groups is 1. The van der Waals surface area contributed by atoms with Crippen LogP contribution in [-0.4, -0.2) is 21.9 Å². The first-order chi connectivity index (χ1) is 12.9. The SMILES string of the molecule is O=C1/C(=C/c2ccc(Cl)c([N+](=O)[O-])c2)SC(=S)N1c1ccc2c(c1)OCO2. The molecule has 27 heavy (non-hydrogen) atoms. The van der Waals surface area contributed by atoms with E-state index >= 15 is 0 Å². The van der Waals surface area contributed by atoms with Crippen LogP contribution in [0.4, 0.5) is 11.4 Å². The van der Waals surface area contributed by atoms with Gasteiger partial charge in [-0.2, -0.15) is 0 Å². The summed E-state index contributed by atoms with van der Waals surface area (Å²) in [6, 6.07) is 9.45. The lowest BCUT2D eigenvalue weighted by Crippen LogP contribution is -2.27. The fourth-order valence-electron chi connectivity index (χ4n) is 2.63. The molecule has 2 aromatic rings. The normalized spacial score (nSPS) is 17.1. The third-order valence-electron chi connectivity index (χ3n) is 3.87. The predicted molar refractivity (Wildman–Crippen MR) is 106 cm³/mol. The number of anilines is 1. The first-order valence-electron chi connectivity index (χ1n) is 7.55. The maximum atomic E-state index is 12.8. The molecular weight excluding hydrogens is 412 g/mol. The zero-order chi connectivity index (χ0) is 19.1. The van der Waals surface area contributed by atoms with Gasteiger partial charge in [0.05, 0.1) is 15.5 Å². The summed E-state index contributed by atoms with van der Waals surface area (Å²) in [6.45, 7) is 0.131. The Bertz CT molecular complexity index is 1040. The number of nitro groups is 1. The lowest BCUT2D eigenvalue weighted by atomic mass is 10.2. The van der Waals surface area contributed by atoms with Gasteiger partial charge in [0, 0.05) is 12.1 Å². The molecule has 10 heteroatoms. The third kappa shape index (κ3) is 3.25. The van der Waals surface area contributed by atoms with Crippen LogP contribution in [0, 0.1) is 10.1 Å². The summed E-state index contributed by atoms with van der Waals surface area (Å²) in [5, 5.41) is 11.1. The quantitative estimate of drug-likeness (QED) is 0.315. The zero-order valence-electron chi connectivity index (χ0n) is 13.4. The number of halogens is 1. The van der Waals surface area contributed by atoms with Crippen LogP contribution in [0.3, 0.4) is 0 Å². The molecule has 0 radical (unpaired) electrons. The van der Waals surface area contributed by atoms with Gasteiger partial charge in [0.15, 0.2) is 15.8 Å². The summed E-state index contributed by atoms with van der Waals surface area (Å²) in [5.41, 5.74) is 0.821. The number of nitro benzene ring substituents is 1. The molecule has 0 spiro atoms. The fraction of sp³-hybridized carbons (Fsp3) is 0.0588. The van der Waals surface area contributed by atoms with E-state index in [-0.39, 0.29) is 23.4 Å². The van der Waals surface area contributed by atoms with E-state index in [0.717, 1.165) is 11.8 Å². The lowest BCUT2D eigenvalue weighted by Gasteiger charge is -2.14. The molecule has 0 bridgehead atoms. The molecule has 7 nitrogen and oxygen atoms in total. The van der Waals surface area contributed by atoms with Gasteiger partial charge in [-0.3, -0.25) is 19.8 Å². The van der Waals surface area contributed by atoms with E-state index in [0.29, 0.717) is 32.0 Å². The van der Waals surface area contributed by atoms with E-state index in [4.69, 9.17) is 33.3 Å². The Balaban J connectivity index is 1.66. The molecule has 0 aromatic heterocycles. The number of ether oxygens (including phenoxy) is 2. The van der Waals surface area contributed by atoms with E-state index in [1.54, 1.807) is 30.3 Å². The first kappa shape index (κ1) is 17.8. The van der Waals surface area contributed by atoms with Crippen LogP contribution in [0.25, 0.3) is 6.08 Å². The second-order valence-corrected chi connectivity index (χ2v) is 7.61. The summed E-state index contributed by atoms with van der Waals surface area (Å²) >= 11 is 12.3. The van der Waals surface area contributed by atoms with Crippen molar-refractivity contribution >= 4 is 63.3 Å². The molecule has 136 valence electrons. The number of amides is 1. The van der Waals surface area contributed by atoms with E-state index in [1.165, 1.54) is 17.0 Å². The number of carbonyl (C=O) groups is 1. The van der Waals surface area contributed by atoms with Crippen molar-refractivity contribution in [2.24, 2.45) is 0 Å². The third-order valence-corrected chi connectivity index (χ3v) is 5.49. The molecule has 2 aliphatic rings. The summed E-state index contributed by atoms with van der Waals surface area (Å²) in [4.78, 5) is 25.0. The largest absolute Gasteiger partial charge is 0.454 e. The Morgan fingerprint density at radius 2 is 2.00 bits per heavy atom. The first-order valence-corrected chi connectivity index (χ1v) is 9.16. The van der Waals surface area contributed by atoms with Gasteiger partial charge in [-0.05, 0) is 29.8 Å². The van der Waals surface area contributed by atoms with Gasteiger partial charge in [-0.25, -0.2) is 0 Å². The molecule has 2 heterocycles. The lowest BCUT2D eigenvalue weighted by molar-refractivity contribution is -0.384. The van der Waals surface area contributed by atoms with Crippen molar-refractivity contribution in [1.82, 2.24) is 0 Å². The fourth-order valence-corrected chi connectivity index (χ4v) is 4.11. The van der Waals surface area contributed by atoms with Gasteiger partial charge in [0.25, 0.3) is 11.6 Å². The molecule has 0 N–H and O–H groups in total. The van der Waals surface area contributed by atoms with Crippen LogP contribution in [0.5, 0.6) is 11.5 Å². The van der Waals surface area contributed by atoms with Crippen molar-refractivity contribution in [1.29, 1.82) is 0 Å². The summed E-state index contributed by atoms with van der Waals surface area (Å²) in [6.07, 6.45) is 1.55. The molecule has 0 aliphatic carbocycles. The summed E-state index contributed by atoms with van der Waals surface area (Å²) in [7, 11) is 0. The van der Waals surface area contributed by atoms with Crippen LogP contribution in [0.1, 0.15) is 5.56 Å². The van der Waals surface area contributed by atoms with Crippen molar-refractivity contribution in [3.8, 4) is 11.5 Å². The standard InChI is InChI=1S/C17H9ClN2O5S2/c18-11-3-1-9(5-12(11)20(22)23)6-15-16(21)19(17(26)27-15)10-2-4-13-14(7-10)25-8-24-13/h1-7H,8H2/b15-6-. The maximum absolute atomic E-state index is 12.8. The highest BCUT2D eigenvalue weighted by Gasteiger charge is 2.34. The Hall–Kier alpha value is -2.62. The Morgan fingerprint density at radius 3 is 2.78 bits per heavy atom. The van der Waals surface area contributed by atoms with Gasteiger partial charge < -0.3 is 9.47 Å². The Labute approximate surface area is 167 Å². The highest BCUT2D eigenvalue weighted by molar-refractivity contribution is 8.27. The number of hydrogen-bond acceptors (Lipinski definition) is 7. The molecule has 2 aliphatic heterocycles. The molecule has 2 aromatic carbocycles. The molecule has 1 fully saturated rings. The molecule has 4 rings (SSSR count). The molecular formula is C17H9ClN2O5S2. The van der Waals surface area contributed by atoms with Crippen molar-refractivity contribution < 1.29 is 19.2 Å². The van der Waals surface area contributed by atoms with Crippen LogP contribution >= 0.6 is 35.6 Å². The van der Waals surface area contributed by atoms with Crippen molar-refractivity contribution in [3.05, 3.63) is 62.0 Å². The number of rotatable bonds is 3. The number of benzene rings is 2.